The molecule has 2 aliphatic rings. The third kappa shape index (κ3) is 2.88. The van der Waals surface area contributed by atoms with E-state index in [1.807, 2.05) is 7.05 Å². The fraction of sp³-hybridized carbons (Fsp3) is 0.692. The van der Waals surface area contributed by atoms with E-state index >= 15 is 0 Å². The molecule has 1 saturated heterocycles. The number of anilines is 2. The van der Waals surface area contributed by atoms with Crippen LogP contribution in [0.4, 0.5) is 10.9 Å². The molecule has 110 valence electrons. The highest BCUT2D eigenvalue weighted by molar-refractivity contribution is 7.18. The molecule has 0 unspecified atom stereocenters. The molecule has 7 heteroatoms. The molecule has 1 aromatic heterocycles. The number of carbonyl (C=O) groups excluding carboxylic acids is 1. The molecule has 1 aliphatic carbocycles. The SMILES string of the molecule is CN(CC1CC1)C(=O)c1sc(N2CCNCC2)nc1N. The van der Waals surface area contributed by atoms with Crippen molar-refractivity contribution in [2.24, 2.45) is 5.92 Å². The smallest absolute Gasteiger partial charge is 0.267 e. The normalized spacial score (nSPS) is 19.1. The number of nitrogens with zero attached hydrogens (tertiary/aromatic N) is 3. The van der Waals surface area contributed by atoms with Gasteiger partial charge in [-0.15, -0.1) is 0 Å². The lowest BCUT2D eigenvalue weighted by Crippen LogP contribution is -2.43. The zero-order valence-electron chi connectivity index (χ0n) is 11.8. The molecule has 3 rings (SSSR count). The third-order valence-electron chi connectivity index (χ3n) is 3.80. The van der Waals surface area contributed by atoms with Gasteiger partial charge < -0.3 is 20.9 Å². The molecule has 2 heterocycles. The fourth-order valence-corrected chi connectivity index (χ4v) is 3.44. The van der Waals surface area contributed by atoms with Crippen molar-refractivity contribution >= 4 is 28.2 Å². The summed E-state index contributed by atoms with van der Waals surface area (Å²) in [6, 6.07) is 0. The number of hydrogen-bond donors (Lipinski definition) is 2. The maximum Gasteiger partial charge on any atom is 0.267 e. The number of aromatic nitrogens is 1. The van der Waals surface area contributed by atoms with Crippen molar-refractivity contribution in [3.63, 3.8) is 0 Å². The van der Waals surface area contributed by atoms with Gasteiger partial charge in [0.1, 0.15) is 10.7 Å². The molecule has 20 heavy (non-hydrogen) atoms. The van der Waals surface area contributed by atoms with Crippen molar-refractivity contribution in [2.75, 3.05) is 50.4 Å². The zero-order valence-corrected chi connectivity index (χ0v) is 12.6. The number of rotatable bonds is 4. The molecular formula is C13H21N5OS. The summed E-state index contributed by atoms with van der Waals surface area (Å²) in [7, 11) is 1.85. The Hall–Kier alpha value is -1.34. The van der Waals surface area contributed by atoms with Crippen LogP contribution in [0.1, 0.15) is 22.5 Å². The van der Waals surface area contributed by atoms with Gasteiger partial charge in [0.2, 0.25) is 0 Å². The molecule has 0 spiro atoms. The van der Waals surface area contributed by atoms with Gasteiger partial charge in [0.25, 0.3) is 5.91 Å². The summed E-state index contributed by atoms with van der Waals surface area (Å²) in [5.41, 5.74) is 5.94. The van der Waals surface area contributed by atoms with Gasteiger partial charge in [-0.1, -0.05) is 11.3 Å². The van der Waals surface area contributed by atoms with Crippen LogP contribution in [0, 0.1) is 5.92 Å². The number of piperazine rings is 1. The Morgan fingerprint density at radius 3 is 2.85 bits per heavy atom. The molecule has 2 fully saturated rings. The largest absolute Gasteiger partial charge is 0.382 e. The summed E-state index contributed by atoms with van der Waals surface area (Å²) in [5.74, 6) is 1.06. The highest BCUT2D eigenvalue weighted by atomic mass is 32.1. The topological polar surface area (TPSA) is 74.5 Å². The van der Waals surface area contributed by atoms with Crippen LogP contribution in [0.2, 0.25) is 0 Å². The van der Waals surface area contributed by atoms with E-state index in [9.17, 15) is 4.79 Å². The van der Waals surface area contributed by atoms with Crippen LogP contribution in [-0.4, -0.2) is 55.6 Å². The highest BCUT2D eigenvalue weighted by Crippen LogP contribution is 2.32. The lowest BCUT2D eigenvalue weighted by Gasteiger charge is -2.26. The predicted molar refractivity (Wildman–Crippen MR) is 81.3 cm³/mol. The summed E-state index contributed by atoms with van der Waals surface area (Å²) >= 11 is 1.42. The van der Waals surface area contributed by atoms with Crippen LogP contribution in [0.5, 0.6) is 0 Å². The van der Waals surface area contributed by atoms with Crippen LogP contribution in [0.25, 0.3) is 0 Å². The van der Waals surface area contributed by atoms with E-state index in [2.05, 4.69) is 15.2 Å². The first-order valence-corrected chi connectivity index (χ1v) is 7.94. The molecule has 3 N–H and O–H groups in total. The lowest BCUT2D eigenvalue weighted by molar-refractivity contribution is 0.0794. The van der Waals surface area contributed by atoms with Crippen molar-refractivity contribution in [2.45, 2.75) is 12.8 Å². The van der Waals surface area contributed by atoms with Crippen LogP contribution < -0.4 is 16.0 Å². The van der Waals surface area contributed by atoms with Crippen LogP contribution in [0.15, 0.2) is 0 Å². The monoisotopic (exact) mass is 295 g/mol. The number of hydrogen-bond acceptors (Lipinski definition) is 6. The average Bonchev–Trinajstić information content (AvgIpc) is 3.19. The van der Waals surface area contributed by atoms with Crippen molar-refractivity contribution in [3.05, 3.63) is 4.88 Å². The zero-order chi connectivity index (χ0) is 14.1. The summed E-state index contributed by atoms with van der Waals surface area (Å²) in [4.78, 5) is 21.3. The number of thiazole rings is 1. The molecule has 0 radical (unpaired) electrons. The maximum atomic E-state index is 12.4. The fourth-order valence-electron chi connectivity index (χ4n) is 2.41. The minimum atomic E-state index is 0.00767. The van der Waals surface area contributed by atoms with Crippen molar-refractivity contribution in [1.82, 2.24) is 15.2 Å². The van der Waals surface area contributed by atoms with Gasteiger partial charge in [-0.25, -0.2) is 4.98 Å². The molecule has 6 nitrogen and oxygen atoms in total. The molecule has 1 aromatic rings. The van der Waals surface area contributed by atoms with E-state index in [-0.39, 0.29) is 5.91 Å². The maximum absolute atomic E-state index is 12.4. The van der Waals surface area contributed by atoms with E-state index in [4.69, 9.17) is 5.73 Å². The first-order chi connectivity index (χ1) is 9.65. The van der Waals surface area contributed by atoms with Gasteiger partial charge in [0.15, 0.2) is 5.13 Å². The Bertz CT molecular complexity index is 493. The third-order valence-corrected chi connectivity index (χ3v) is 4.92. The number of carbonyl (C=O) groups is 1. The molecule has 1 saturated carbocycles. The van der Waals surface area contributed by atoms with Gasteiger partial charge >= 0.3 is 0 Å². The number of nitrogen functional groups attached to an aromatic ring is 1. The van der Waals surface area contributed by atoms with E-state index in [1.165, 1.54) is 24.2 Å². The van der Waals surface area contributed by atoms with Crippen LogP contribution >= 0.6 is 11.3 Å². The average molecular weight is 295 g/mol. The lowest BCUT2D eigenvalue weighted by atomic mass is 10.3. The van der Waals surface area contributed by atoms with Gasteiger partial charge in [-0.3, -0.25) is 4.79 Å². The molecule has 0 aromatic carbocycles. The van der Waals surface area contributed by atoms with E-state index < -0.39 is 0 Å². The standard InChI is InChI=1S/C13H21N5OS/c1-17(8-9-2-3-9)12(19)10-11(14)16-13(20-10)18-6-4-15-5-7-18/h9,15H,2-8,14H2,1H3. The Labute approximate surface area is 123 Å². The second kappa shape index (κ2) is 5.57. The van der Waals surface area contributed by atoms with E-state index in [0.29, 0.717) is 16.6 Å². The molecule has 1 amide bonds. The molecule has 0 bridgehead atoms. The van der Waals surface area contributed by atoms with Gasteiger partial charge in [-0.05, 0) is 18.8 Å². The molecule has 0 atom stereocenters. The van der Waals surface area contributed by atoms with Gasteiger partial charge in [0.05, 0.1) is 0 Å². The number of amides is 1. The van der Waals surface area contributed by atoms with Crippen molar-refractivity contribution in [3.8, 4) is 0 Å². The second-order valence-corrected chi connectivity index (χ2v) is 6.55. The van der Waals surface area contributed by atoms with Crippen LogP contribution in [0.3, 0.4) is 0 Å². The highest BCUT2D eigenvalue weighted by Gasteiger charge is 2.28. The van der Waals surface area contributed by atoms with E-state index in [0.717, 1.165) is 37.9 Å². The van der Waals surface area contributed by atoms with Crippen LogP contribution in [-0.2, 0) is 0 Å². The number of nitrogens with one attached hydrogen (secondary N) is 1. The first-order valence-electron chi connectivity index (χ1n) is 7.12. The molecule has 1 aliphatic heterocycles. The van der Waals surface area contributed by atoms with Gasteiger partial charge in [-0.2, -0.15) is 0 Å². The minimum absolute atomic E-state index is 0.00767. The molecular weight excluding hydrogens is 274 g/mol. The van der Waals surface area contributed by atoms with Crippen molar-refractivity contribution in [1.29, 1.82) is 0 Å². The quantitative estimate of drug-likeness (QED) is 0.851. The Balaban J connectivity index is 1.71. The van der Waals surface area contributed by atoms with Gasteiger partial charge in [0, 0.05) is 39.8 Å². The summed E-state index contributed by atoms with van der Waals surface area (Å²) in [6.45, 7) is 4.56. The number of nitrogens with two attached hydrogens (primary N) is 1. The Morgan fingerprint density at radius 2 is 2.20 bits per heavy atom. The minimum Gasteiger partial charge on any atom is -0.382 e. The van der Waals surface area contributed by atoms with Crippen molar-refractivity contribution < 1.29 is 4.79 Å². The van der Waals surface area contributed by atoms with E-state index in [1.54, 1.807) is 4.90 Å². The summed E-state index contributed by atoms with van der Waals surface area (Å²) in [6.07, 6.45) is 2.48. The predicted octanol–water partition coefficient (Wildman–Crippen LogP) is 0.617. The summed E-state index contributed by atoms with van der Waals surface area (Å²) < 4.78 is 0. The first kappa shape index (κ1) is 13.6. The Kier molecular flexibility index (Phi) is 3.80. The summed E-state index contributed by atoms with van der Waals surface area (Å²) in [5, 5.41) is 4.17. The Morgan fingerprint density at radius 1 is 1.50 bits per heavy atom. The second-order valence-electron chi connectivity index (χ2n) is 5.58.